The Bertz CT molecular complexity index is 1340. The van der Waals surface area contributed by atoms with E-state index in [1.807, 2.05) is 48.5 Å². The van der Waals surface area contributed by atoms with Gasteiger partial charge in [0.15, 0.2) is 0 Å². The van der Waals surface area contributed by atoms with Gasteiger partial charge in [0.2, 0.25) is 0 Å². The van der Waals surface area contributed by atoms with E-state index < -0.39 is 23.2 Å². The molecule has 37 heavy (non-hydrogen) atoms. The molecule has 1 amide bonds. The molecule has 0 aliphatic heterocycles. The summed E-state index contributed by atoms with van der Waals surface area (Å²) in [7, 11) is 0. The zero-order valence-corrected chi connectivity index (χ0v) is 21.7. The van der Waals surface area contributed by atoms with Gasteiger partial charge in [-0.05, 0) is 44.4 Å². The van der Waals surface area contributed by atoms with Crippen LogP contribution in [0.5, 0.6) is 0 Å². The van der Waals surface area contributed by atoms with Gasteiger partial charge in [-0.2, -0.15) is 0 Å². The summed E-state index contributed by atoms with van der Waals surface area (Å²) in [6, 6.07) is 16.8. The number of nitrogens with zero attached hydrogens (tertiary/aromatic N) is 3. The first kappa shape index (κ1) is 26.7. The summed E-state index contributed by atoms with van der Waals surface area (Å²) in [6.45, 7) is 3.08. The lowest BCUT2D eigenvalue weighted by Gasteiger charge is -2.37. The maximum Gasteiger partial charge on any atom is 0.272 e. The number of aliphatic hydroxyl groups excluding tert-OH is 1. The molecule has 0 fully saturated rings. The highest BCUT2D eigenvalue weighted by molar-refractivity contribution is 6.29. The zero-order chi connectivity index (χ0) is 26.5. The topological polar surface area (TPSA) is 104 Å². The first-order valence-corrected chi connectivity index (χ1v) is 12.7. The fraction of sp³-hybridized carbons (Fsp3) is 0.357. The fourth-order valence-corrected chi connectivity index (χ4v) is 4.59. The monoisotopic (exact) mass is 523 g/mol. The highest BCUT2D eigenvalue weighted by Crippen LogP contribution is 2.32. The van der Waals surface area contributed by atoms with Crippen LogP contribution in [0.15, 0.2) is 67.0 Å². The first-order chi connectivity index (χ1) is 17.7. The van der Waals surface area contributed by atoms with Crippen molar-refractivity contribution >= 4 is 28.5 Å². The third-order valence-corrected chi connectivity index (χ3v) is 6.57. The van der Waals surface area contributed by atoms with Gasteiger partial charge in [-0.15, -0.1) is 0 Å². The maximum atomic E-state index is 14.0. The van der Waals surface area contributed by atoms with Crippen molar-refractivity contribution < 1.29 is 14.3 Å². The Kier molecular flexibility index (Phi) is 8.19. The number of para-hydroxylation sites is 2. The minimum absolute atomic E-state index is 0.111. The number of unbranched alkanes of at least 4 members (excludes halogenated alkanes) is 1. The van der Waals surface area contributed by atoms with Gasteiger partial charge in [0.25, 0.3) is 5.91 Å². The van der Waals surface area contributed by atoms with E-state index in [1.165, 1.54) is 12.4 Å². The summed E-state index contributed by atoms with van der Waals surface area (Å²) in [4.78, 5) is 29.8. The molecule has 2 atom stereocenters. The summed E-state index contributed by atoms with van der Waals surface area (Å²) in [6.07, 6.45) is 3.86. The first-order valence-electron chi connectivity index (χ1n) is 12.3. The number of carbonyl (C=O) groups is 1. The third-order valence-electron chi connectivity index (χ3n) is 6.38. The van der Waals surface area contributed by atoms with Crippen LogP contribution in [-0.2, 0) is 12.0 Å². The van der Waals surface area contributed by atoms with Gasteiger partial charge in [-0.1, -0.05) is 66.9 Å². The molecule has 0 aliphatic carbocycles. The maximum absolute atomic E-state index is 14.0. The summed E-state index contributed by atoms with van der Waals surface area (Å²) < 4.78 is 14.0. The largest absolute Gasteiger partial charge is 0.390 e. The number of alkyl halides is 1. The van der Waals surface area contributed by atoms with Crippen molar-refractivity contribution in [3.05, 3.63) is 89.2 Å². The van der Waals surface area contributed by atoms with Gasteiger partial charge in [-0.25, -0.2) is 14.4 Å². The van der Waals surface area contributed by atoms with Crippen LogP contribution in [0.3, 0.4) is 0 Å². The number of halogens is 2. The molecular formula is C28H31ClFN5O2. The van der Waals surface area contributed by atoms with E-state index in [0.717, 1.165) is 5.56 Å². The predicted octanol–water partition coefficient (Wildman–Crippen LogP) is 5.54. The van der Waals surface area contributed by atoms with Gasteiger partial charge in [-0.3, -0.25) is 9.78 Å². The molecule has 0 spiro atoms. The summed E-state index contributed by atoms with van der Waals surface area (Å²) >= 11 is 6.19. The van der Waals surface area contributed by atoms with E-state index in [9.17, 15) is 14.3 Å². The highest BCUT2D eigenvalue weighted by Gasteiger charge is 2.44. The van der Waals surface area contributed by atoms with Crippen LogP contribution in [-0.4, -0.2) is 42.7 Å². The molecule has 0 saturated heterocycles. The number of carbonyl (C=O) groups excluding carboxylic acids is 1. The van der Waals surface area contributed by atoms with Gasteiger partial charge < -0.3 is 15.4 Å². The Hall–Kier alpha value is -3.36. The molecule has 3 N–H and O–H groups in total. The van der Waals surface area contributed by atoms with E-state index in [1.54, 1.807) is 19.9 Å². The SMILES string of the molecule is CC(C)(F)CCCC[C@H](O)[C@@](Cc1ccccc1)(NC(=O)c1cnc2ccccc2n1)c1ncc(Cl)[nH]1. The molecule has 4 rings (SSSR count). The highest BCUT2D eigenvalue weighted by atomic mass is 35.5. The van der Waals surface area contributed by atoms with Gasteiger partial charge >= 0.3 is 0 Å². The number of aliphatic hydroxyl groups is 1. The molecule has 9 heteroatoms. The van der Waals surface area contributed by atoms with Crippen LogP contribution in [0.25, 0.3) is 11.0 Å². The molecule has 0 radical (unpaired) electrons. The van der Waals surface area contributed by atoms with E-state index >= 15 is 0 Å². The number of hydrogen-bond donors (Lipinski definition) is 3. The average molecular weight is 524 g/mol. The number of hydrogen-bond acceptors (Lipinski definition) is 5. The van der Waals surface area contributed by atoms with E-state index in [2.05, 4.69) is 25.3 Å². The Labute approximate surface area is 220 Å². The van der Waals surface area contributed by atoms with Gasteiger partial charge in [0.05, 0.1) is 29.5 Å². The minimum Gasteiger partial charge on any atom is -0.390 e. The van der Waals surface area contributed by atoms with Crippen molar-refractivity contribution in [1.29, 1.82) is 0 Å². The zero-order valence-electron chi connectivity index (χ0n) is 20.9. The molecule has 0 saturated carbocycles. The number of nitrogens with one attached hydrogen (secondary N) is 2. The van der Waals surface area contributed by atoms with Crippen LogP contribution >= 0.6 is 11.6 Å². The quantitative estimate of drug-likeness (QED) is 0.224. The number of benzene rings is 2. The molecule has 7 nitrogen and oxygen atoms in total. The lowest BCUT2D eigenvalue weighted by Crippen LogP contribution is -2.56. The Balaban J connectivity index is 1.70. The number of aromatic nitrogens is 4. The summed E-state index contributed by atoms with van der Waals surface area (Å²) in [5.74, 6) is -0.188. The van der Waals surface area contributed by atoms with Crippen LogP contribution in [0.4, 0.5) is 4.39 Å². The number of H-pyrrole nitrogens is 1. The third kappa shape index (κ3) is 6.70. The number of fused-ring (bicyclic) bond motifs is 1. The molecule has 0 unspecified atom stereocenters. The molecule has 194 valence electrons. The molecule has 2 heterocycles. The Morgan fingerprint density at radius 2 is 1.76 bits per heavy atom. The van der Waals surface area contributed by atoms with Gasteiger partial charge in [0.1, 0.15) is 27.9 Å². The van der Waals surface area contributed by atoms with E-state index in [0.29, 0.717) is 42.5 Å². The molecular weight excluding hydrogens is 493 g/mol. The van der Waals surface area contributed by atoms with Crippen molar-refractivity contribution in [2.75, 3.05) is 0 Å². The van der Waals surface area contributed by atoms with Crippen molar-refractivity contribution in [3.8, 4) is 0 Å². The summed E-state index contributed by atoms with van der Waals surface area (Å²) in [5.41, 5.74) is -0.403. The average Bonchev–Trinajstić information content (AvgIpc) is 3.32. The number of rotatable bonds is 11. The normalized spacial score (nSPS) is 14.3. The molecule has 0 bridgehead atoms. The number of imidazole rings is 1. The molecule has 4 aromatic rings. The van der Waals surface area contributed by atoms with E-state index in [4.69, 9.17) is 11.6 Å². The lowest BCUT2D eigenvalue weighted by molar-refractivity contribution is 0.0362. The number of amides is 1. The second-order valence-electron chi connectivity index (χ2n) is 9.89. The minimum atomic E-state index is -1.36. The van der Waals surface area contributed by atoms with E-state index in [-0.39, 0.29) is 17.3 Å². The molecule has 2 aromatic heterocycles. The standard InChI is InChI=1S/C28H31ClFN5O2/c1-27(2,30)15-9-8-14-23(36)28(26-32-18-24(29)34-26,16-19-10-4-3-5-11-19)35-25(37)22-17-31-20-12-6-7-13-21(20)33-22/h3-7,10-13,17-18,23,36H,8-9,14-16H2,1-2H3,(H,32,34)(H,35,37)/t23-,28+/m0/s1. The number of aromatic amines is 1. The Morgan fingerprint density at radius 1 is 1.05 bits per heavy atom. The Morgan fingerprint density at radius 3 is 2.43 bits per heavy atom. The predicted molar refractivity (Wildman–Crippen MR) is 142 cm³/mol. The fourth-order valence-electron chi connectivity index (χ4n) is 4.45. The van der Waals surface area contributed by atoms with Crippen molar-refractivity contribution in [3.63, 3.8) is 0 Å². The van der Waals surface area contributed by atoms with Crippen LogP contribution in [0.1, 0.15) is 61.4 Å². The van der Waals surface area contributed by atoms with Crippen molar-refractivity contribution in [2.45, 2.75) is 63.3 Å². The van der Waals surface area contributed by atoms with Crippen LogP contribution in [0, 0.1) is 0 Å². The lowest BCUT2D eigenvalue weighted by atomic mass is 9.81. The van der Waals surface area contributed by atoms with Crippen molar-refractivity contribution in [1.82, 2.24) is 25.3 Å². The second kappa shape index (κ2) is 11.4. The smallest absolute Gasteiger partial charge is 0.272 e. The molecule has 2 aromatic carbocycles. The van der Waals surface area contributed by atoms with Crippen LogP contribution in [0.2, 0.25) is 5.15 Å². The second-order valence-corrected chi connectivity index (χ2v) is 10.3. The van der Waals surface area contributed by atoms with Crippen molar-refractivity contribution in [2.24, 2.45) is 0 Å². The molecule has 0 aliphatic rings. The summed E-state index contributed by atoms with van der Waals surface area (Å²) in [5, 5.41) is 14.9. The van der Waals surface area contributed by atoms with Crippen LogP contribution < -0.4 is 5.32 Å². The van der Waals surface area contributed by atoms with Gasteiger partial charge in [0, 0.05) is 6.42 Å².